The van der Waals surface area contributed by atoms with Crippen LogP contribution < -0.4 is 10.1 Å². The average molecular weight is 205 g/mol. The number of benzene rings is 1. The molecule has 2 rings (SSSR count). The largest absolute Gasteiger partial charge is 0.496 e. The van der Waals surface area contributed by atoms with Crippen molar-refractivity contribution in [3.05, 3.63) is 29.3 Å². The van der Waals surface area contributed by atoms with Gasteiger partial charge in [0.1, 0.15) is 5.75 Å². The molecule has 1 saturated heterocycles. The van der Waals surface area contributed by atoms with Crippen molar-refractivity contribution in [2.45, 2.75) is 26.3 Å². The van der Waals surface area contributed by atoms with Gasteiger partial charge in [-0.1, -0.05) is 19.1 Å². The van der Waals surface area contributed by atoms with Gasteiger partial charge in [0.15, 0.2) is 0 Å². The smallest absolute Gasteiger partial charge is 0.121 e. The zero-order valence-corrected chi connectivity index (χ0v) is 9.71. The predicted molar refractivity (Wildman–Crippen MR) is 62.3 cm³/mol. The van der Waals surface area contributed by atoms with E-state index in [4.69, 9.17) is 4.74 Å². The van der Waals surface area contributed by atoms with E-state index in [0.717, 1.165) is 18.2 Å². The van der Waals surface area contributed by atoms with Crippen LogP contribution in [0, 0.1) is 12.8 Å². The summed E-state index contributed by atoms with van der Waals surface area (Å²) in [4.78, 5) is 0. The van der Waals surface area contributed by atoms with Crippen molar-refractivity contribution < 1.29 is 4.74 Å². The van der Waals surface area contributed by atoms with Gasteiger partial charge < -0.3 is 10.1 Å². The molecule has 1 aliphatic rings. The maximum atomic E-state index is 5.26. The SMILES string of the molecule is COc1ccc([C@@H]2C[C@H](C)CN2)cc1C. The second kappa shape index (κ2) is 4.23. The third-order valence-corrected chi connectivity index (χ3v) is 3.17. The van der Waals surface area contributed by atoms with Crippen LogP contribution in [0.4, 0.5) is 0 Å². The lowest BCUT2D eigenvalue weighted by atomic mass is 9.99. The summed E-state index contributed by atoms with van der Waals surface area (Å²) in [7, 11) is 1.72. The first-order valence-corrected chi connectivity index (χ1v) is 5.58. The number of ether oxygens (including phenoxy) is 1. The number of rotatable bonds is 2. The molecule has 2 heteroatoms. The predicted octanol–water partition coefficient (Wildman–Crippen LogP) is 2.67. The molecular formula is C13H19NO. The normalized spacial score (nSPS) is 25.5. The summed E-state index contributed by atoms with van der Waals surface area (Å²) in [5, 5.41) is 3.55. The van der Waals surface area contributed by atoms with Gasteiger partial charge in [-0.25, -0.2) is 0 Å². The van der Waals surface area contributed by atoms with Crippen molar-refractivity contribution in [2.24, 2.45) is 5.92 Å². The van der Waals surface area contributed by atoms with Gasteiger partial charge in [0, 0.05) is 6.04 Å². The van der Waals surface area contributed by atoms with Gasteiger partial charge in [-0.3, -0.25) is 0 Å². The highest BCUT2D eigenvalue weighted by Crippen LogP contribution is 2.29. The van der Waals surface area contributed by atoms with Crippen LogP contribution in [0.5, 0.6) is 5.75 Å². The van der Waals surface area contributed by atoms with Crippen LogP contribution in [-0.2, 0) is 0 Å². The van der Waals surface area contributed by atoms with Crippen molar-refractivity contribution >= 4 is 0 Å². The Morgan fingerprint density at radius 2 is 2.20 bits per heavy atom. The maximum Gasteiger partial charge on any atom is 0.121 e. The molecule has 2 atom stereocenters. The van der Waals surface area contributed by atoms with E-state index in [9.17, 15) is 0 Å². The Bertz CT molecular complexity index is 348. The monoisotopic (exact) mass is 205 g/mol. The van der Waals surface area contributed by atoms with E-state index in [1.807, 2.05) is 0 Å². The molecule has 1 fully saturated rings. The molecule has 1 aliphatic heterocycles. The summed E-state index contributed by atoms with van der Waals surface area (Å²) in [6, 6.07) is 7.00. The molecule has 0 radical (unpaired) electrons. The zero-order valence-electron chi connectivity index (χ0n) is 9.71. The molecule has 0 saturated carbocycles. The number of methoxy groups -OCH3 is 1. The van der Waals surface area contributed by atoms with E-state index in [1.165, 1.54) is 17.5 Å². The number of aryl methyl sites for hydroxylation is 1. The molecule has 1 aromatic carbocycles. The van der Waals surface area contributed by atoms with Crippen molar-refractivity contribution in [1.82, 2.24) is 5.32 Å². The Labute approximate surface area is 91.6 Å². The van der Waals surface area contributed by atoms with E-state index < -0.39 is 0 Å². The van der Waals surface area contributed by atoms with Crippen LogP contribution in [0.25, 0.3) is 0 Å². The van der Waals surface area contributed by atoms with Gasteiger partial charge in [-0.05, 0) is 43.0 Å². The molecule has 1 N–H and O–H groups in total. The van der Waals surface area contributed by atoms with E-state index >= 15 is 0 Å². The fraction of sp³-hybridized carbons (Fsp3) is 0.538. The minimum absolute atomic E-state index is 0.532. The molecule has 82 valence electrons. The van der Waals surface area contributed by atoms with E-state index in [0.29, 0.717) is 6.04 Å². The van der Waals surface area contributed by atoms with Crippen molar-refractivity contribution in [3.63, 3.8) is 0 Å². The fourth-order valence-electron chi connectivity index (χ4n) is 2.28. The number of nitrogens with one attached hydrogen (secondary N) is 1. The zero-order chi connectivity index (χ0) is 10.8. The van der Waals surface area contributed by atoms with E-state index in [2.05, 4.69) is 37.4 Å². The maximum absolute atomic E-state index is 5.26. The molecule has 0 spiro atoms. The highest BCUT2D eigenvalue weighted by atomic mass is 16.5. The van der Waals surface area contributed by atoms with Crippen LogP contribution in [-0.4, -0.2) is 13.7 Å². The van der Waals surface area contributed by atoms with Gasteiger partial charge >= 0.3 is 0 Å². The first-order valence-electron chi connectivity index (χ1n) is 5.58. The van der Waals surface area contributed by atoms with Crippen LogP contribution in [0.1, 0.15) is 30.5 Å². The first-order chi connectivity index (χ1) is 7.20. The van der Waals surface area contributed by atoms with Crippen molar-refractivity contribution in [2.75, 3.05) is 13.7 Å². The van der Waals surface area contributed by atoms with Crippen LogP contribution in [0.2, 0.25) is 0 Å². The molecule has 0 aromatic heterocycles. The second-order valence-electron chi connectivity index (χ2n) is 4.53. The highest BCUT2D eigenvalue weighted by Gasteiger charge is 2.22. The van der Waals surface area contributed by atoms with E-state index in [-0.39, 0.29) is 0 Å². The van der Waals surface area contributed by atoms with Gasteiger partial charge in [-0.2, -0.15) is 0 Å². The molecule has 1 heterocycles. The molecule has 0 bridgehead atoms. The molecule has 1 aromatic rings. The van der Waals surface area contributed by atoms with Crippen LogP contribution in [0.3, 0.4) is 0 Å². The summed E-state index contributed by atoms with van der Waals surface area (Å²) >= 11 is 0. The lowest BCUT2D eigenvalue weighted by Crippen LogP contribution is -2.13. The molecule has 0 amide bonds. The first kappa shape index (κ1) is 10.5. The minimum Gasteiger partial charge on any atom is -0.496 e. The highest BCUT2D eigenvalue weighted by molar-refractivity contribution is 5.37. The summed E-state index contributed by atoms with van der Waals surface area (Å²) in [5.41, 5.74) is 2.61. The molecule has 2 nitrogen and oxygen atoms in total. The average Bonchev–Trinajstić information content (AvgIpc) is 2.65. The van der Waals surface area contributed by atoms with Gasteiger partial charge in [0.2, 0.25) is 0 Å². The Morgan fingerprint density at radius 3 is 2.73 bits per heavy atom. The summed E-state index contributed by atoms with van der Waals surface area (Å²) < 4.78 is 5.26. The van der Waals surface area contributed by atoms with Gasteiger partial charge in [-0.15, -0.1) is 0 Å². The van der Waals surface area contributed by atoms with E-state index in [1.54, 1.807) is 7.11 Å². The summed E-state index contributed by atoms with van der Waals surface area (Å²) in [5.74, 6) is 1.77. The molecular weight excluding hydrogens is 186 g/mol. The van der Waals surface area contributed by atoms with Gasteiger partial charge in [0.05, 0.1) is 7.11 Å². The molecule has 15 heavy (non-hydrogen) atoms. The summed E-state index contributed by atoms with van der Waals surface area (Å²) in [6.07, 6.45) is 1.24. The summed E-state index contributed by atoms with van der Waals surface area (Å²) in [6.45, 7) is 5.53. The van der Waals surface area contributed by atoms with Crippen molar-refractivity contribution in [3.8, 4) is 5.75 Å². The number of hydrogen-bond donors (Lipinski definition) is 1. The third kappa shape index (κ3) is 2.15. The molecule has 0 aliphatic carbocycles. The lowest BCUT2D eigenvalue weighted by molar-refractivity contribution is 0.411. The van der Waals surface area contributed by atoms with Crippen LogP contribution in [0.15, 0.2) is 18.2 Å². The molecule has 0 unspecified atom stereocenters. The van der Waals surface area contributed by atoms with Gasteiger partial charge in [0.25, 0.3) is 0 Å². The number of hydrogen-bond acceptors (Lipinski definition) is 2. The standard InChI is InChI=1S/C13H19NO/c1-9-6-12(14-8-9)11-4-5-13(15-3)10(2)7-11/h4-5,7,9,12,14H,6,8H2,1-3H3/t9-,12-/m0/s1. The Hall–Kier alpha value is -1.02. The Kier molecular flexibility index (Phi) is 2.96. The fourth-order valence-corrected chi connectivity index (χ4v) is 2.28. The third-order valence-electron chi connectivity index (χ3n) is 3.17. The quantitative estimate of drug-likeness (QED) is 0.801. The van der Waals surface area contributed by atoms with Crippen LogP contribution >= 0.6 is 0 Å². The minimum atomic E-state index is 0.532. The second-order valence-corrected chi connectivity index (χ2v) is 4.53. The topological polar surface area (TPSA) is 21.3 Å². The Morgan fingerprint density at radius 1 is 1.40 bits per heavy atom. The lowest BCUT2D eigenvalue weighted by Gasteiger charge is -2.13. The Balaban J connectivity index is 2.19. The van der Waals surface area contributed by atoms with Crippen molar-refractivity contribution in [1.29, 1.82) is 0 Å².